The lowest BCUT2D eigenvalue weighted by atomic mass is 10.0. The zero-order valence-electron chi connectivity index (χ0n) is 10.6. The highest BCUT2D eigenvalue weighted by Crippen LogP contribution is 2.03. The standard InChI is InChI=1S/C11H25N3O/c1-6-9(12)11(15)13-10(8(2)3)7-14(4)5/h8-10H,6-7,12H2,1-5H3,(H,13,15)/t9-,10?/m0/s1. The summed E-state index contributed by atoms with van der Waals surface area (Å²) in [6, 6.07) is -0.210. The minimum atomic E-state index is -0.381. The zero-order valence-corrected chi connectivity index (χ0v) is 10.6. The third kappa shape index (κ3) is 5.74. The van der Waals surface area contributed by atoms with E-state index in [0.717, 1.165) is 6.54 Å². The molecule has 2 atom stereocenters. The molecular formula is C11H25N3O. The Bertz CT molecular complexity index is 192. The van der Waals surface area contributed by atoms with Crippen molar-refractivity contribution < 1.29 is 4.79 Å². The maximum absolute atomic E-state index is 11.6. The van der Waals surface area contributed by atoms with E-state index >= 15 is 0 Å². The molecule has 0 aromatic rings. The van der Waals surface area contributed by atoms with Crippen LogP contribution in [0.3, 0.4) is 0 Å². The third-order valence-corrected chi connectivity index (χ3v) is 2.47. The summed E-state index contributed by atoms with van der Waals surface area (Å²) in [6.07, 6.45) is 0.679. The van der Waals surface area contributed by atoms with E-state index in [2.05, 4.69) is 24.1 Å². The highest BCUT2D eigenvalue weighted by atomic mass is 16.2. The van der Waals surface area contributed by atoms with Crippen LogP contribution in [0.4, 0.5) is 0 Å². The molecule has 0 aromatic carbocycles. The van der Waals surface area contributed by atoms with E-state index in [1.807, 2.05) is 21.0 Å². The smallest absolute Gasteiger partial charge is 0.237 e. The Morgan fingerprint density at radius 2 is 1.93 bits per heavy atom. The van der Waals surface area contributed by atoms with Gasteiger partial charge in [0.1, 0.15) is 0 Å². The number of hydrogen-bond acceptors (Lipinski definition) is 3. The van der Waals surface area contributed by atoms with Crippen LogP contribution in [0.25, 0.3) is 0 Å². The quantitative estimate of drug-likeness (QED) is 0.675. The first kappa shape index (κ1) is 14.4. The minimum absolute atomic E-state index is 0.0435. The molecule has 0 heterocycles. The van der Waals surface area contributed by atoms with Crippen molar-refractivity contribution in [3.8, 4) is 0 Å². The Hall–Kier alpha value is -0.610. The van der Waals surface area contributed by atoms with Crippen LogP contribution < -0.4 is 11.1 Å². The summed E-state index contributed by atoms with van der Waals surface area (Å²) in [6.45, 7) is 6.97. The van der Waals surface area contributed by atoms with Gasteiger partial charge in [0.05, 0.1) is 6.04 Å². The summed E-state index contributed by atoms with van der Waals surface area (Å²) in [4.78, 5) is 13.7. The molecule has 0 radical (unpaired) electrons. The maximum Gasteiger partial charge on any atom is 0.237 e. The van der Waals surface area contributed by atoms with E-state index in [1.54, 1.807) is 0 Å². The van der Waals surface area contributed by atoms with Crippen LogP contribution in [0.2, 0.25) is 0 Å². The number of likely N-dealkylation sites (N-methyl/N-ethyl adjacent to an activating group) is 1. The van der Waals surface area contributed by atoms with Crippen molar-refractivity contribution in [2.75, 3.05) is 20.6 Å². The molecular weight excluding hydrogens is 190 g/mol. The lowest BCUT2D eigenvalue weighted by Gasteiger charge is -2.26. The van der Waals surface area contributed by atoms with Crippen molar-refractivity contribution >= 4 is 5.91 Å². The Morgan fingerprint density at radius 3 is 2.27 bits per heavy atom. The number of carbonyl (C=O) groups is 1. The molecule has 0 aromatic heterocycles. The van der Waals surface area contributed by atoms with Crippen LogP contribution in [0.1, 0.15) is 27.2 Å². The maximum atomic E-state index is 11.6. The first-order chi connectivity index (χ1) is 6.88. The van der Waals surface area contributed by atoms with Crippen molar-refractivity contribution in [2.24, 2.45) is 11.7 Å². The number of amides is 1. The number of nitrogens with zero attached hydrogens (tertiary/aromatic N) is 1. The van der Waals surface area contributed by atoms with Gasteiger partial charge in [-0.05, 0) is 26.4 Å². The number of carbonyl (C=O) groups excluding carboxylic acids is 1. The molecule has 4 nitrogen and oxygen atoms in total. The van der Waals surface area contributed by atoms with E-state index in [4.69, 9.17) is 5.73 Å². The third-order valence-electron chi connectivity index (χ3n) is 2.47. The van der Waals surface area contributed by atoms with E-state index in [-0.39, 0.29) is 18.0 Å². The Balaban J connectivity index is 4.22. The predicted octanol–water partition coefficient (Wildman–Crippen LogP) is 0.426. The monoisotopic (exact) mass is 215 g/mol. The average Bonchev–Trinajstić information content (AvgIpc) is 2.14. The Morgan fingerprint density at radius 1 is 1.40 bits per heavy atom. The summed E-state index contributed by atoms with van der Waals surface area (Å²) in [7, 11) is 4.00. The number of nitrogens with one attached hydrogen (secondary N) is 1. The van der Waals surface area contributed by atoms with Crippen LogP contribution in [0, 0.1) is 5.92 Å². The van der Waals surface area contributed by atoms with Gasteiger partial charge in [-0.25, -0.2) is 0 Å². The first-order valence-corrected chi connectivity index (χ1v) is 5.59. The summed E-state index contributed by atoms with van der Waals surface area (Å²) >= 11 is 0. The highest BCUT2D eigenvalue weighted by Gasteiger charge is 2.19. The van der Waals surface area contributed by atoms with Gasteiger partial charge in [-0.2, -0.15) is 0 Å². The average molecular weight is 215 g/mol. The highest BCUT2D eigenvalue weighted by molar-refractivity contribution is 5.81. The van der Waals surface area contributed by atoms with Gasteiger partial charge < -0.3 is 16.0 Å². The summed E-state index contributed by atoms with van der Waals surface area (Å²) < 4.78 is 0. The van der Waals surface area contributed by atoms with Gasteiger partial charge in [0.25, 0.3) is 0 Å². The van der Waals surface area contributed by atoms with Gasteiger partial charge in [-0.1, -0.05) is 20.8 Å². The molecule has 0 rings (SSSR count). The molecule has 0 bridgehead atoms. The molecule has 0 aliphatic rings. The van der Waals surface area contributed by atoms with E-state index in [0.29, 0.717) is 12.3 Å². The predicted molar refractivity (Wildman–Crippen MR) is 63.6 cm³/mol. The molecule has 4 heteroatoms. The number of nitrogens with two attached hydrogens (primary N) is 1. The van der Waals surface area contributed by atoms with Crippen molar-refractivity contribution in [1.82, 2.24) is 10.2 Å². The van der Waals surface area contributed by atoms with Crippen molar-refractivity contribution in [3.63, 3.8) is 0 Å². The molecule has 0 aliphatic carbocycles. The molecule has 1 amide bonds. The van der Waals surface area contributed by atoms with Crippen molar-refractivity contribution in [3.05, 3.63) is 0 Å². The van der Waals surface area contributed by atoms with Gasteiger partial charge in [0.2, 0.25) is 5.91 Å². The van der Waals surface area contributed by atoms with Crippen LogP contribution in [0.15, 0.2) is 0 Å². The molecule has 0 saturated heterocycles. The van der Waals surface area contributed by atoms with Crippen LogP contribution in [0.5, 0.6) is 0 Å². The molecule has 1 unspecified atom stereocenters. The van der Waals surface area contributed by atoms with Crippen LogP contribution >= 0.6 is 0 Å². The molecule has 0 aliphatic heterocycles. The second-order valence-corrected chi connectivity index (χ2v) is 4.64. The zero-order chi connectivity index (χ0) is 12.0. The normalized spacial score (nSPS) is 15.5. The number of hydrogen-bond donors (Lipinski definition) is 2. The molecule has 0 fully saturated rings. The van der Waals surface area contributed by atoms with Crippen molar-refractivity contribution in [2.45, 2.75) is 39.3 Å². The number of rotatable bonds is 6. The van der Waals surface area contributed by atoms with Gasteiger partial charge in [0.15, 0.2) is 0 Å². The van der Waals surface area contributed by atoms with E-state index in [1.165, 1.54) is 0 Å². The van der Waals surface area contributed by atoms with Crippen molar-refractivity contribution in [1.29, 1.82) is 0 Å². The summed E-state index contributed by atoms with van der Waals surface area (Å²) in [5.41, 5.74) is 5.67. The van der Waals surface area contributed by atoms with Crippen LogP contribution in [-0.2, 0) is 4.79 Å². The molecule has 0 spiro atoms. The van der Waals surface area contributed by atoms with Gasteiger partial charge in [0, 0.05) is 12.6 Å². The molecule has 3 N–H and O–H groups in total. The van der Waals surface area contributed by atoms with E-state index in [9.17, 15) is 4.79 Å². The second kappa shape index (κ2) is 6.80. The van der Waals surface area contributed by atoms with E-state index < -0.39 is 0 Å². The topological polar surface area (TPSA) is 58.4 Å². The Labute approximate surface area is 93.2 Å². The summed E-state index contributed by atoms with van der Waals surface area (Å²) in [5, 5.41) is 2.99. The fourth-order valence-corrected chi connectivity index (χ4v) is 1.29. The molecule has 90 valence electrons. The summed E-state index contributed by atoms with van der Waals surface area (Å²) in [5.74, 6) is 0.374. The van der Waals surface area contributed by atoms with Gasteiger partial charge in [-0.15, -0.1) is 0 Å². The fraction of sp³-hybridized carbons (Fsp3) is 0.909. The minimum Gasteiger partial charge on any atom is -0.350 e. The van der Waals surface area contributed by atoms with Gasteiger partial charge >= 0.3 is 0 Å². The Kier molecular flexibility index (Phi) is 6.52. The largest absolute Gasteiger partial charge is 0.350 e. The molecule has 0 saturated carbocycles. The van der Waals surface area contributed by atoms with Crippen LogP contribution in [-0.4, -0.2) is 43.5 Å². The van der Waals surface area contributed by atoms with Gasteiger partial charge in [-0.3, -0.25) is 4.79 Å². The fourth-order valence-electron chi connectivity index (χ4n) is 1.29. The molecule has 15 heavy (non-hydrogen) atoms. The second-order valence-electron chi connectivity index (χ2n) is 4.64. The SMILES string of the molecule is CC[C@H](N)C(=O)NC(CN(C)C)C(C)C. The lowest BCUT2D eigenvalue weighted by Crippen LogP contribution is -2.50. The first-order valence-electron chi connectivity index (χ1n) is 5.59. The lowest BCUT2D eigenvalue weighted by molar-refractivity contribution is -0.123.